The number of nitrogens with zero attached hydrogens (tertiary/aromatic N) is 1. The highest BCUT2D eigenvalue weighted by atomic mass is 35.5. The van der Waals surface area contributed by atoms with Crippen LogP contribution in [0.25, 0.3) is 6.08 Å². The second-order valence-corrected chi connectivity index (χ2v) is 7.43. The van der Waals surface area contributed by atoms with E-state index in [2.05, 4.69) is 10.3 Å². The number of aryl methyl sites for hydroxylation is 1. The molecule has 0 bridgehead atoms. The van der Waals surface area contributed by atoms with Gasteiger partial charge in [-0.25, -0.2) is 4.99 Å². The molecule has 0 radical (unpaired) electrons. The molecule has 0 aromatic heterocycles. The topological polar surface area (TPSA) is 50.7 Å². The van der Waals surface area contributed by atoms with Crippen LogP contribution in [0, 0.1) is 6.92 Å². The molecule has 2 aromatic rings. The number of hydrogen-bond donors (Lipinski definition) is 1. The van der Waals surface area contributed by atoms with Crippen LogP contribution in [-0.2, 0) is 4.79 Å². The number of benzene rings is 2. The van der Waals surface area contributed by atoms with Gasteiger partial charge in [0.05, 0.1) is 17.2 Å². The number of ether oxygens (including phenoxy) is 1. The lowest BCUT2D eigenvalue weighted by atomic mass is 10.2. The molecule has 134 valence electrons. The van der Waals surface area contributed by atoms with E-state index in [0.29, 0.717) is 32.5 Å². The Hall–Kier alpha value is -1.95. The zero-order chi connectivity index (χ0) is 18.7. The molecule has 1 aliphatic heterocycles. The van der Waals surface area contributed by atoms with Crippen LogP contribution in [0.1, 0.15) is 18.1 Å². The first-order valence-corrected chi connectivity index (χ1v) is 9.51. The largest absolute Gasteiger partial charge is 0.493 e. The van der Waals surface area contributed by atoms with Gasteiger partial charge in [-0.3, -0.25) is 4.79 Å². The first kappa shape index (κ1) is 18.8. The zero-order valence-electron chi connectivity index (χ0n) is 14.2. The fourth-order valence-electron chi connectivity index (χ4n) is 2.39. The predicted octanol–water partition coefficient (Wildman–Crippen LogP) is 5.59. The molecule has 1 fully saturated rings. The minimum absolute atomic E-state index is 0.206. The molecule has 1 saturated heterocycles. The number of thioether (sulfide) groups is 1. The van der Waals surface area contributed by atoms with Crippen LogP contribution in [0.3, 0.4) is 0 Å². The zero-order valence-corrected chi connectivity index (χ0v) is 16.5. The van der Waals surface area contributed by atoms with Crippen molar-refractivity contribution in [2.45, 2.75) is 13.8 Å². The van der Waals surface area contributed by atoms with E-state index < -0.39 is 0 Å². The van der Waals surface area contributed by atoms with Gasteiger partial charge in [0.15, 0.2) is 5.17 Å². The molecule has 0 spiro atoms. The van der Waals surface area contributed by atoms with Gasteiger partial charge < -0.3 is 10.1 Å². The summed E-state index contributed by atoms with van der Waals surface area (Å²) in [4.78, 5) is 17.3. The second kappa shape index (κ2) is 8.16. The Morgan fingerprint density at radius 1 is 1.19 bits per heavy atom. The summed E-state index contributed by atoms with van der Waals surface area (Å²) in [6.45, 7) is 4.35. The molecule has 1 aliphatic rings. The first-order valence-electron chi connectivity index (χ1n) is 7.94. The molecule has 1 N–H and O–H groups in total. The SMILES string of the molecule is CCOc1ccc(Cl)cc1/C=C1\SC(=Nc2ccc(Cl)cc2C)NC1=O. The van der Waals surface area contributed by atoms with Crippen molar-refractivity contribution in [2.75, 3.05) is 6.61 Å². The van der Waals surface area contributed by atoms with E-state index in [1.54, 1.807) is 30.3 Å². The highest BCUT2D eigenvalue weighted by Gasteiger charge is 2.24. The van der Waals surface area contributed by atoms with E-state index in [9.17, 15) is 4.79 Å². The van der Waals surface area contributed by atoms with E-state index >= 15 is 0 Å². The lowest BCUT2D eigenvalue weighted by molar-refractivity contribution is -0.115. The van der Waals surface area contributed by atoms with E-state index in [1.165, 1.54) is 11.8 Å². The summed E-state index contributed by atoms with van der Waals surface area (Å²) >= 11 is 13.3. The maximum Gasteiger partial charge on any atom is 0.264 e. The Labute approximate surface area is 166 Å². The molecule has 1 heterocycles. The van der Waals surface area contributed by atoms with Crippen LogP contribution < -0.4 is 10.1 Å². The first-order chi connectivity index (χ1) is 12.5. The van der Waals surface area contributed by atoms with Crippen molar-refractivity contribution in [3.05, 3.63) is 62.5 Å². The fraction of sp³-hybridized carbons (Fsp3) is 0.158. The molecule has 3 rings (SSSR count). The Morgan fingerprint density at radius 2 is 1.92 bits per heavy atom. The van der Waals surface area contributed by atoms with Gasteiger partial charge >= 0.3 is 0 Å². The van der Waals surface area contributed by atoms with Gasteiger partial charge in [0, 0.05) is 15.6 Å². The molecule has 0 aliphatic carbocycles. The molecule has 1 amide bonds. The molecule has 7 heteroatoms. The standard InChI is InChI=1S/C19H16Cl2N2O2S/c1-3-25-16-7-5-14(21)9-12(16)10-17-18(24)23-19(26-17)22-15-6-4-13(20)8-11(15)2/h4-10H,3H2,1-2H3,(H,22,23,24)/b17-10-. The van der Waals surface area contributed by atoms with E-state index in [4.69, 9.17) is 27.9 Å². The molecule has 0 atom stereocenters. The van der Waals surface area contributed by atoms with Crippen LogP contribution in [0.15, 0.2) is 46.3 Å². The van der Waals surface area contributed by atoms with Crippen LogP contribution >= 0.6 is 35.0 Å². The van der Waals surface area contributed by atoms with Crippen molar-refractivity contribution in [3.8, 4) is 5.75 Å². The van der Waals surface area contributed by atoms with Gasteiger partial charge in [-0.05, 0) is 73.6 Å². The second-order valence-electron chi connectivity index (χ2n) is 5.53. The summed E-state index contributed by atoms with van der Waals surface area (Å²) in [5, 5.41) is 4.53. The number of aliphatic imine (C=N–C) groups is 1. The number of amides is 1. The summed E-state index contributed by atoms with van der Waals surface area (Å²) < 4.78 is 5.60. The minimum Gasteiger partial charge on any atom is -0.493 e. The Morgan fingerprint density at radius 3 is 2.65 bits per heavy atom. The average Bonchev–Trinajstić information content (AvgIpc) is 2.92. The Kier molecular flexibility index (Phi) is 5.91. The summed E-state index contributed by atoms with van der Waals surface area (Å²) in [6, 6.07) is 10.7. The fourth-order valence-corrected chi connectivity index (χ4v) is 3.63. The highest BCUT2D eigenvalue weighted by molar-refractivity contribution is 8.18. The van der Waals surface area contributed by atoms with Crippen molar-refractivity contribution in [1.29, 1.82) is 0 Å². The van der Waals surface area contributed by atoms with Crippen molar-refractivity contribution in [2.24, 2.45) is 4.99 Å². The van der Waals surface area contributed by atoms with E-state index in [0.717, 1.165) is 16.8 Å². The van der Waals surface area contributed by atoms with Gasteiger partial charge in [0.1, 0.15) is 5.75 Å². The average molecular weight is 407 g/mol. The molecule has 0 saturated carbocycles. The Bertz CT molecular complexity index is 926. The maximum atomic E-state index is 12.3. The lowest BCUT2D eigenvalue weighted by Gasteiger charge is -2.07. The molecular formula is C19H16Cl2N2O2S. The molecule has 2 aromatic carbocycles. The van der Waals surface area contributed by atoms with Gasteiger partial charge in [-0.15, -0.1) is 0 Å². The van der Waals surface area contributed by atoms with Gasteiger partial charge in [-0.2, -0.15) is 0 Å². The summed E-state index contributed by atoms with van der Waals surface area (Å²) in [6.07, 6.45) is 1.76. The van der Waals surface area contributed by atoms with E-state index in [1.807, 2.05) is 26.0 Å². The predicted molar refractivity (Wildman–Crippen MR) is 110 cm³/mol. The smallest absolute Gasteiger partial charge is 0.264 e. The van der Waals surface area contributed by atoms with Gasteiger partial charge in [0.2, 0.25) is 0 Å². The molecule has 4 nitrogen and oxygen atoms in total. The number of nitrogens with one attached hydrogen (secondary N) is 1. The van der Waals surface area contributed by atoms with Crippen molar-refractivity contribution < 1.29 is 9.53 Å². The van der Waals surface area contributed by atoms with E-state index in [-0.39, 0.29) is 5.91 Å². The molecule has 26 heavy (non-hydrogen) atoms. The molecular weight excluding hydrogens is 391 g/mol. The third kappa shape index (κ3) is 4.41. The normalized spacial score (nSPS) is 17.0. The highest BCUT2D eigenvalue weighted by Crippen LogP contribution is 2.32. The van der Waals surface area contributed by atoms with Crippen molar-refractivity contribution in [1.82, 2.24) is 5.32 Å². The number of amidine groups is 1. The van der Waals surface area contributed by atoms with Crippen molar-refractivity contribution in [3.63, 3.8) is 0 Å². The van der Waals surface area contributed by atoms with Crippen LogP contribution in [0.5, 0.6) is 5.75 Å². The minimum atomic E-state index is -0.206. The van der Waals surface area contributed by atoms with Crippen molar-refractivity contribution >= 4 is 57.8 Å². The van der Waals surface area contributed by atoms with Crippen LogP contribution in [0.4, 0.5) is 5.69 Å². The Balaban J connectivity index is 1.89. The number of carbonyl (C=O) groups excluding carboxylic acids is 1. The number of hydrogen-bond acceptors (Lipinski definition) is 4. The van der Waals surface area contributed by atoms with Gasteiger partial charge in [0.25, 0.3) is 5.91 Å². The third-order valence-corrected chi connectivity index (χ3v) is 4.97. The number of rotatable bonds is 4. The summed E-state index contributed by atoms with van der Waals surface area (Å²) in [5.41, 5.74) is 2.45. The van der Waals surface area contributed by atoms with Crippen LogP contribution in [0.2, 0.25) is 10.0 Å². The van der Waals surface area contributed by atoms with Gasteiger partial charge in [-0.1, -0.05) is 23.2 Å². The van der Waals surface area contributed by atoms with Crippen LogP contribution in [-0.4, -0.2) is 17.7 Å². The lowest BCUT2D eigenvalue weighted by Crippen LogP contribution is -2.19. The number of halogens is 2. The summed E-state index contributed by atoms with van der Waals surface area (Å²) in [5.74, 6) is 0.472. The summed E-state index contributed by atoms with van der Waals surface area (Å²) in [7, 11) is 0. The quantitative estimate of drug-likeness (QED) is 0.672. The third-order valence-electron chi connectivity index (χ3n) is 3.59. The number of carbonyl (C=O) groups is 1. The monoisotopic (exact) mass is 406 g/mol. The maximum absolute atomic E-state index is 12.3. The molecule has 0 unspecified atom stereocenters.